The van der Waals surface area contributed by atoms with Crippen LogP contribution in [0.5, 0.6) is 11.5 Å². The van der Waals surface area contributed by atoms with Gasteiger partial charge in [0.05, 0.1) is 19.6 Å². The Morgan fingerprint density at radius 3 is 2.48 bits per heavy atom. The molecule has 0 unspecified atom stereocenters. The van der Waals surface area contributed by atoms with Crippen molar-refractivity contribution in [3.05, 3.63) is 23.8 Å². The first-order valence-corrected chi connectivity index (χ1v) is 8.93. The van der Waals surface area contributed by atoms with Crippen LogP contribution in [0.4, 0.5) is 0 Å². The van der Waals surface area contributed by atoms with Crippen LogP contribution in [0.3, 0.4) is 0 Å². The molecule has 0 aromatic heterocycles. The highest BCUT2D eigenvalue weighted by Crippen LogP contribution is 2.44. The number of hydrogen-bond acceptors (Lipinski definition) is 4. The topological polar surface area (TPSA) is 84.9 Å². The molecule has 25 heavy (non-hydrogen) atoms. The van der Waals surface area contributed by atoms with Crippen LogP contribution < -0.4 is 14.8 Å². The molecule has 1 amide bonds. The number of carboxylic acids is 1. The van der Waals surface area contributed by atoms with Crippen molar-refractivity contribution < 1.29 is 24.2 Å². The van der Waals surface area contributed by atoms with E-state index in [1.165, 1.54) is 0 Å². The molecular weight excluding hydrogens is 322 g/mol. The van der Waals surface area contributed by atoms with E-state index in [0.717, 1.165) is 43.4 Å². The Balaban J connectivity index is 1.57. The first kappa shape index (κ1) is 17.6. The smallest absolute Gasteiger partial charge is 0.303 e. The number of nitrogens with one attached hydrogen (secondary N) is 1. The van der Waals surface area contributed by atoms with Gasteiger partial charge in [-0.05, 0) is 36.0 Å². The molecular formula is C19H25NO5. The molecule has 0 atom stereocenters. The maximum absolute atomic E-state index is 12.3. The molecule has 1 aromatic carbocycles. The number of fused-ring (bicyclic) bond motifs is 1. The average molecular weight is 347 g/mol. The standard InChI is InChI=1S/C19H25NO5/c21-17(11-19(12-18(22)23)6-1-2-7-19)20-13-14-4-5-15-16(10-14)25-9-3-8-24-15/h4-5,10H,1-3,6-9,11-13H2,(H,20,21)(H,22,23). The lowest BCUT2D eigenvalue weighted by Gasteiger charge is -2.26. The molecule has 1 aromatic rings. The van der Waals surface area contributed by atoms with Gasteiger partial charge in [0, 0.05) is 19.4 Å². The summed E-state index contributed by atoms with van der Waals surface area (Å²) in [6, 6.07) is 5.67. The van der Waals surface area contributed by atoms with Crippen molar-refractivity contribution in [1.29, 1.82) is 0 Å². The van der Waals surface area contributed by atoms with Crippen LogP contribution in [0.25, 0.3) is 0 Å². The SMILES string of the molecule is O=C(O)CC1(CC(=O)NCc2ccc3c(c2)OCCCO3)CCCC1. The molecule has 1 aliphatic carbocycles. The van der Waals surface area contributed by atoms with Crippen LogP contribution >= 0.6 is 0 Å². The minimum Gasteiger partial charge on any atom is -0.490 e. The molecule has 0 bridgehead atoms. The van der Waals surface area contributed by atoms with Gasteiger partial charge in [0.2, 0.25) is 5.91 Å². The van der Waals surface area contributed by atoms with Crippen molar-refractivity contribution in [3.8, 4) is 11.5 Å². The summed E-state index contributed by atoms with van der Waals surface area (Å²) in [7, 11) is 0. The van der Waals surface area contributed by atoms with Gasteiger partial charge in [-0.2, -0.15) is 0 Å². The summed E-state index contributed by atoms with van der Waals surface area (Å²) in [5.41, 5.74) is 0.567. The Kier molecular flexibility index (Phi) is 5.46. The molecule has 1 saturated carbocycles. The van der Waals surface area contributed by atoms with Gasteiger partial charge in [-0.15, -0.1) is 0 Å². The zero-order valence-corrected chi connectivity index (χ0v) is 14.4. The van der Waals surface area contributed by atoms with Gasteiger partial charge in [-0.1, -0.05) is 18.9 Å². The third-order valence-electron chi connectivity index (χ3n) is 5.03. The maximum Gasteiger partial charge on any atom is 0.303 e. The highest BCUT2D eigenvalue weighted by Gasteiger charge is 2.37. The molecule has 6 heteroatoms. The van der Waals surface area contributed by atoms with E-state index >= 15 is 0 Å². The molecule has 136 valence electrons. The van der Waals surface area contributed by atoms with E-state index in [1.54, 1.807) is 0 Å². The summed E-state index contributed by atoms with van der Waals surface area (Å²) >= 11 is 0. The Morgan fingerprint density at radius 2 is 1.76 bits per heavy atom. The highest BCUT2D eigenvalue weighted by molar-refractivity contribution is 5.78. The normalized spacial score (nSPS) is 18.4. The Labute approximate surface area is 147 Å². The van der Waals surface area contributed by atoms with Crippen molar-refractivity contribution in [1.82, 2.24) is 5.32 Å². The van der Waals surface area contributed by atoms with Gasteiger partial charge in [0.15, 0.2) is 11.5 Å². The Morgan fingerprint density at radius 1 is 1.04 bits per heavy atom. The second kappa shape index (κ2) is 7.76. The van der Waals surface area contributed by atoms with Gasteiger partial charge >= 0.3 is 5.97 Å². The predicted octanol–water partition coefficient (Wildman–Crippen LogP) is 2.89. The molecule has 1 fully saturated rings. The number of ether oxygens (including phenoxy) is 2. The van der Waals surface area contributed by atoms with E-state index < -0.39 is 5.97 Å². The number of aliphatic carboxylic acids is 1. The van der Waals surface area contributed by atoms with E-state index in [-0.39, 0.29) is 24.2 Å². The fourth-order valence-corrected chi connectivity index (χ4v) is 3.78. The predicted molar refractivity (Wildman–Crippen MR) is 91.7 cm³/mol. The van der Waals surface area contributed by atoms with Gasteiger partial charge in [0.25, 0.3) is 0 Å². The summed E-state index contributed by atoms with van der Waals surface area (Å²) in [6.45, 7) is 1.67. The summed E-state index contributed by atoms with van der Waals surface area (Å²) in [6.07, 6.45) is 4.85. The van der Waals surface area contributed by atoms with Crippen LogP contribution in [-0.2, 0) is 16.1 Å². The van der Waals surface area contributed by atoms with E-state index in [4.69, 9.17) is 14.6 Å². The lowest BCUT2D eigenvalue weighted by Crippen LogP contribution is -2.31. The minimum atomic E-state index is -0.822. The number of carbonyl (C=O) groups excluding carboxylic acids is 1. The highest BCUT2D eigenvalue weighted by atomic mass is 16.5. The van der Waals surface area contributed by atoms with E-state index in [0.29, 0.717) is 25.5 Å². The van der Waals surface area contributed by atoms with Crippen molar-refractivity contribution in [2.24, 2.45) is 5.41 Å². The third-order valence-corrected chi connectivity index (χ3v) is 5.03. The van der Waals surface area contributed by atoms with Gasteiger partial charge in [0.1, 0.15) is 0 Å². The molecule has 0 radical (unpaired) electrons. The number of benzene rings is 1. The molecule has 6 nitrogen and oxygen atoms in total. The first-order chi connectivity index (χ1) is 12.1. The molecule has 2 aliphatic rings. The van der Waals surface area contributed by atoms with E-state index in [2.05, 4.69) is 5.32 Å². The average Bonchev–Trinajstić information content (AvgIpc) is 2.88. The Bertz CT molecular complexity index is 637. The zero-order chi connectivity index (χ0) is 17.7. The second-order valence-corrected chi connectivity index (χ2v) is 7.06. The maximum atomic E-state index is 12.3. The lowest BCUT2D eigenvalue weighted by atomic mass is 9.79. The quantitative estimate of drug-likeness (QED) is 0.826. The van der Waals surface area contributed by atoms with E-state index in [9.17, 15) is 9.59 Å². The largest absolute Gasteiger partial charge is 0.490 e. The van der Waals surface area contributed by atoms with Crippen LogP contribution in [0.1, 0.15) is 50.5 Å². The Hall–Kier alpha value is -2.24. The summed E-state index contributed by atoms with van der Waals surface area (Å²) in [4.78, 5) is 23.5. The fourth-order valence-electron chi connectivity index (χ4n) is 3.78. The van der Waals surface area contributed by atoms with Gasteiger partial charge < -0.3 is 19.9 Å². The monoisotopic (exact) mass is 347 g/mol. The van der Waals surface area contributed by atoms with Crippen molar-refractivity contribution >= 4 is 11.9 Å². The first-order valence-electron chi connectivity index (χ1n) is 8.93. The number of carbonyl (C=O) groups is 2. The minimum absolute atomic E-state index is 0.0739. The molecule has 1 heterocycles. The van der Waals surface area contributed by atoms with Crippen LogP contribution in [0.2, 0.25) is 0 Å². The summed E-state index contributed by atoms with van der Waals surface area (Å²) in [5, 5.41) is 12.1. The zero-order valence-electron chi connectivity index (χ0n) is 14.4. The molecule has 1 aliphatic heterocycles. The summed E-state index contributed by atoms with van der Waals surface area (Å²) < 4.78 is 11.3. The molecule has 0 saturated heterocycles. The van der Waals surface area contributed by atoms with Gasteiger partial charge in [-0.25, -0.2) is 0 Å². The van der Waals surface area contributed by atoms with Gasteiger partial charge in [-0.3, -0.25) is 9.59 Å². The van der Waals surface area contributed by atoms with Crippen molar-refractivity contribution in [3.63, 3.8) is 0 Å². The van der Waals surface area contributed by atoms with E-state index in [1.807, 2.05) is 18.2 Å². The third kappa shape index (κ3) is 4.65. The number of hydrogen-bond donors (Lipinski definition) is 2. The number of carboxylic acid groups (broad SMARTS) is 1. The van der Waals surface area contributed by atoms with Crippen molar-refractivity contribution in [2.75, 3.05) is 13.2 Å². The van der Waals surface area contributed by atoms with Crippen LogP contribution in [0.15, 0.2) is 18.2 Å². The molecule has 0 spiro atoms. The number of amides is 1. The molecule has 3 rings (SSSR count). The molecule has 2 N–H and O–H groups in total. The van der Waals surface area contributed by atoms with Crippen molar-refractivity contribution in [2.45, 2.75) is 51.5 Å². The lowest BCUT2D eigenvalue weighted by molar-refractivity contribution is -0.140. The van der Waals surface area contributed by atoms with Crippen LogP contribution in [0, 0.1) is 5.41 Å². The fraction of sp³-hybridized carbons (Fsp3) is 0.579. The van der Waals surface area contributed by atoms with Crippen LogP contribution in [-0.4, -0.2) is 30.2 Å². The number of rotatable bonds is 6. The summed E-state index contributed by atoms with van der Waals surface area (Å²) in [5.74, 6) is 0.536. The second-order valence-electron chi connectivity index (χ2n) is 7.06.